The lowest BCUT2D eigenvalue weighted by molar-refractivity contribution is -0.140. The molecule has 0 radical (unpaired) electrons. The average Bonchev–Trinajstić information content (AvgIpc) is 2.84. The minimum atomic E-state index is -4.15. The normalized spacial score (nSPS) is 17.0. The Labute approximate surface area is 86.1 Å². The number of halogens is 3. The summed E-state index contributed by atoms with van der Waals surface area (Å²) in [6.45, 7) is -0.380. The third kappa shape index (κ3) is 3.27. The van der Waals surface area contributed by atoms with Crippen LogP contribution >= 0.6 is 0 Å². The smallest absolute Gasteiger partial charge is 0.341 e. The van der Waals surface area contributed by atoms with E-state index in [1.165, 1.54) is 10.8 Å². The van der Waals surface area contributed by atoms with E-state index in [1.807, 2.05) is 0 Å². The highest BCUT2D eigenvalue weighted by atomic mass is 19.4. The van der Waals surface area contributed by atoms with E-state index in [2.05, 4.69) is 5.32 Å². The minimum absolute atomic E-state index is 0.513. The number of rotatable bonds is 4. The first-order valence-corrected chi connectivity index (χ1v) is 4.99. The van der Waals surface area contributed by atoms with Crippen molar-refractivity contribution >= 4 is 0 Å². The molecule has 1 aromatic rings. The van der Waals surface area contributed by atoms with Gasteiger partial charge in [0.2, 0.25) is 0 Å². The summed E-state index contributed by atoms with van der Waals surface area (Å²) < 4.78 is 37.8. The molecule has 1 saturated carbocycles. The lowest BCUT2D eigenvalue weighted by Gasteiger charge is -2.12. The molecule has 0 unspecified atom stereocenters. The molecule has 5 heteroatoms. The molecule has 1 fully saturated rings. The summed E-state index contributed by atoms with van der Waals surface area (Å²) >= 11 is 0. The summed E-state index contributed by atoms with van der Waals surface area (Å²) in [4.78, 5) is 0. The highest BCUT2D eigenvalue weighted by Crippen LogP contribution is 2.21. The monoisotopic (exact) mass is 218 g/mol. The summed E-state index contributed by atoms with van der Waals surface area (Å²) in [5.74, 6) is 0. The topological polar surface area (TPSA) is 17.0 Å². The van der Waals surface area contributed by atoms with Gasteiger partial charge in [0.05, 0.1) is 0 Å². The first-order valence-electron chi connectivity index (χ1n) is 4.99. The van der Waals surface area contributed by atoms with Crippen LogP contribution in [0.2, 0.25) is 0 Å². The van der Waals surface area contributed by atoms with Gasteiger partial charge in [0, 0.05) is 24.5 Å². The number of aromatic nitrogens is 1. The zero-order valence-electron chi connectivity index (χ0n) is 8.22. The zero-order chi connectivity index (χ0) is 10.9. The fraction of sp³-hybridized carbons (Fsp3) is 0.600. The molecule has 2 rings (SSSR count). The Morgan fingerprint density at radius 2 is 2.13 bits per heavy atom. The average molecular weight is 218 g/mol. The van der Waals surface area contributed by atoms with E-state index in [1.54, 1.807) is 12.1 Å². The predicted molar refractivity (Wildman–Crippen MR) is 50.3 cm³/mol. The molecular formula is C10H13F3N2. The van der Waals surface area contributed by atoms with Gasteiger partial charge >= 0.3 is 6.18 Å². The van der Waals surface area contributed by atoms with Crippen molar-refractivity contribution in [2.45, 2.75) is 38.1 Å². The maximum absolute atomic E-state index is 12.2. The third-order valence-electron chi connectivity index (χ3n) is 2.42. The van der Waals surface area contributed by atoms with Crippen molar-refractivity contribution in [2.24, 2.45) is 0 Å². The summed E-state index contributed by atoms with van der Waals surface area (Å²) in [5.41, 5.74) is 0.694. The zero-order valence-corrected chi connectivity index (χ0v) is 8.22. The van der Waals surface area contributed by atoms with Crippen LogP contribution < -0.4 is 5.32 Å². The van der Waals surface area contributed by atoms with E-state index in [4.69, 9.17) is 0 Å². The minimum Gasteiger partial charge on any atom is -0.341 e. The second-order valence-corrected chi connectivity index (χ2v) is 3.90. The molecule has 1 heterocycles. The molecule has 1 aromatic heterocycles. The highest BCUT2D eigenvalue weighted by molar-refractivity contribution is 5.07. The lowest BCUT2D eigenvalue weighted by Crippen LogP contribution is -2.22. The Bertz CT molecular complexity index is 326. The summed E-state index contributed by atoms with van der Waals surface area (Å²) in [6, 6.07) is 3.88. The van der Waals surface area contributed by atoms with E-state index < -0.39 is 12.7 Å². The predicted octanol–water partition coefficient (Wildman–Crippen LogP) is 2.30. The number of nitrogens with zero attached hydrogens (tertiary/aromatic N) is 1. The van der Waals surface area contributed by atoms with Crippen molar-refractivity contribution in [1.29, 1.82) is 0 Å². The van der Waals surface area contributed by atoms with Crippen LogP contribution in [0.4, 0.5) is 13.2 Å². The molecule has 0 saturated heterocycles. The molecule has 0 spiro atoms. The van der Waals surface area contributed by atoms with E-state index >= 15 is 0 Å². The molecule has 0 aromatic carbocycles. The standard InChI is InChI=1S/C10H13F3N2/c11-10(12,13)7-15-5-1-2-9(15)6-14-8-3-4-8/h1-2,5,8,14H,3-4,6-7H2. The summed E-state index contributed by atoms with van der Waals surface area (Å²) in [6.07, 6.45) is -0.398. The van der Waals surface area contributed by atoms with Crippen LogP contribution in [0.25, 0.3) is 0 Å². The van der Waals surface area contributed by atoms with Crippen LogP contribution in [0.3, 0.4) is 0 Å². The van der Waals surface area contributed by atoms with Crippen LogP contribution in [0, 0.1) is 0 Å². The second kappa shape index (κ2) is 3.89. The Hall–Kier alpha value is -0.970. The van der Waals surface area contributed by atoms with Crippen molar-refractivity contribution in [1.82, 2.24) is 9.88 Å². The van der Waals surface area contributed by atoms with Crippen LogP contribution in [0.1, 0.15) is 18.5 Å². The van der Waals surface area contributed by atoms with Crippen molar-refractivity contribution in [3.63, 3.8) is 0 Å². The Kier molecular flexibility index (Phi) is 2.73. The number of alkyl halides is 3. The Morgan fingerprint density at radius 1 is 1.40 bits per heavy atom. The number of nitrogens with one attached hydrogen (secondary N) is 1. The quantitative estimate of drug-likeness (QED) is 0.820. The van der Waals surface area contributed by atoms with Gasteiger partial charge in [-0.05, 0) is 25.0 Å². The van der Waals surface area contributed by atoms with E-state index in [0.717, 1.165) is 12.8 Å². The van der Waals surface area contributed by atoms with Gasteiger partial charge in [0.25, 0.3) is 0 Å². The molecule has 0 bridgehead atoms. The molecule has 1 N–H and O–H groups in total. The number of hydrogen-bond acceptors (Lipinski definition) is 1. The van der Waals surface area contributed by atoms with Crippen LogP contribution in [0.15, 0.2) is 18.3 Å². The lowest BCUT2D eigenvalue weighted by atomic mass is 10.4. The molecule has 0 amide bonds. The third-order valence-corrected chi connectivity index (χ3v) is 2.42. The largest absolute Gasteiger partial charge is 0.406 e. The molecule has 0 atom stereocenters. The van der Waals surface area contributed by atoms with Gasteiger partial charge in [-0.25, -0.2) is 0 Å². The molecular weight excluding hydrogens is 205 g/mol. The van der Waals surface area contributed by atoms with Gasteiger partial charge in [-0.3, -0.25) is 0 Å². The van der Waals surface area contributed by atoms with E-state index in [-0.39, 0.29) is 0 Å². The molecule has 15 heavy (non-hydrogen) atoms. The fourth-order valence-electron chi connectivity index (χ4n) is 1.49. The van der Waals surface area contributed by atoms with Gasteiger partial charge in [0.15, 0.2) is 0 Å². The molecule has 1 aliphatic carbocycles. The van der Waals surface area contributed by atoms with Gasteiger partial charge in [-0.2, -0.15) is 13.2 Å². The van der Waals surface area contributed by atoms with Crippen molar-refractivity contribution in [3.8, 4) is 0 Å². The molecule has 2 nitrogen and oxygen atoms in total. The van der Waals surface area contributed by atoms with Gasteiger partial charge in [-0.15, -0.1) is 0 Å². The summed E-state index contributed by atoms with van der Waals surface area (Å²) in [7, 11) is 0. The van der Waals surface area contributed by atoms with Crippen molar-refractivity contribution in [3.05, 3.63) is 24.0 Å². The van der Waals surface area contributed by atoms with Gasteiger partial charge < -0.3 is 9.88 Å². The van der Waals surface area contributed by atoms with E-state index in [0.29, 0.717) is 18.3 Å². The first kappa shape index (κ1) is 10.5. The maximum atomic E-state index is 12.2. The Morgan fingerprint density at radius 3 is 2.73 bits per heavy atom. The van der Waals surface area contributed by atoms with E-state index in [9.17, 15) is 13.2 Å². The SMILES string of the molecule is FC(F)(F)Cn1cccc1CNC1CC1. The van der Waals surface area contributed by atoms with Crippen LogP contribution in [-0.4, -0.2) is 16.8 Å². The second-order valence-electron chi connectivity index (χ2n) is 3.90. The van der Waals surface area contributed by atoms with Crippen molar-refractivity contribution in [2.75, 3.05) is 0 Å². The molecule has 0 aliphatic heterocycles. The highest BCUT2D eigenvalue weighted by Gasteiger charge is 2.28. The molecule has 84 valence electrons. The Balaban J connectivity index is 1.94. The fourth-order valence-corrected chi connectivity index (χ4v) is 1.49. The van der Waals surface area contributed by atoms with Crippen LogP contribution in [-0.2, 0) is 13.1 Å². The molecule has 1 aliphatic rings. The van der Waals surface area contributed by atoms with Gasteiger partial charge in [0.1, 0.15) is 6.54 Å². The number of hydrogen-bond donors (Lipinski definition) is 1. The first-order chi connectivity index (χ1) is 7.04. The van der Waals surface area contributed by atoms with Gasteiger partial charge in [-0.1, -0.05) is 0 Å². The summed E-state index contributed by atoms with van der Waals surface area (Å²) in [5, 5.41) is 3.20. The van der Waals surface area contributed by atoms with Crippen molar-refractivity contribution < 1.29 is 13.2 Å². The van der Waals surface area contributed by atoms with Crippen LogP contribution in [0.5, 0.6) is 0 Å². The maximum Gasteiger partial charge on any atom is 0.406 e.